The summed E-state index contributed by atoms with van der Waals surface area (Å²) in [5.41, 5.74) is 5.25. The van der Waals surface area contributed by atoms with Crippen molar-refractivity contribution >= 4 is 11.1 Å². The van der Waals surface area contributed by atoms with Crippen LogP contribution in [0.4, 0.5) is 0 Å². The van der Waals surface area contributed by atoms with Gasteiger partial charge in [-0.05, 0) is 72.2 Å². The van der Waals surface area contributed by atoms with Gasteiger partial charge in [0.15, 0.2) is 0 Å². The van der Waals surface area contributed by atoms with E-state index < -0.39 is 0 Å². The summed E-state index contributed by atoms with van der Waals surface area (Å²) >= 11 is 0. The maximum atomic E-state index is 6.43. The number of hydrogen-bond acceptors (Lipinski definition) is 4. The van der Waals surface area contributed by atoms with E-state index in [0.29, 0.717) is 6.61 Å². The fraction of sp³-hybridized carbons (Fsp3) is 0.484. The van der Waals surface area contributed by atoms with Gasteiger partial charge in [-0.15, -0.1) is 0 Å². The third-order valence-electron chi connectivity index (χ3n) is 7.06. The van der Waals surface area contributed by atoms with Crippen LogP contribution in [0.25, 0.3) is 11.1 Å². The van der Waals surface area contributed by atoms with Crippen molar-refractivity contribution in [3.8, 4) is 11.5 Å². The van der Waals surface area contributed by atoms with Crippen LogP contribution in [-0.2, 0) is 9.47 Å². The van der Waals surface area contributed by atoms with E-state index in [9.17, 15) is 0 Å². The van der Waals surface area contributed by atoms with E-state index in [2.05, 4.69) is 67.6 Å². The first-order valence-corrected chi connectivity index (χ1v) is 13.4. The number of allylic oxidation sites excluding steroid dienone is 4. The summed E-state index contributed by atoms with van der Waals surface area (Å²) in [4.78, 5) is 0. The standard InChI is InChI=1S/C31H38O4/c1-2-3-4-5-6-10-30(31-22-34-31)35-28-9-7-8-26(19-28)25-13-11-23(12-14-25)24-15-17-27(18-16-24)32-20-29-21-33-29/h7-9,11,14-19,29-31H,2-6,10,12-13,20-22H2,1H3. The minimum Gasteiger partial charge on any atom is -0.491 e. The normalized spacial score (nSPS) is 21.6. The van der Waals surface area contributed by atoms with Crippen LogP contribution in [0.1, 0.15) is 69.4 Å². The summed E-state index contributed by atoms with van der Waals surface area (Å²) in [6, 6.07) is 17.0. The molecule has 4 heteroatoms. The van der Waals surface area contributed by atoms with Crippen molar-refractivity contribution in [1.82, 2.24) is 0 Å². The molecule has 0 bridgehead atoms. The topological polar surface area (TPSA) is 43.5 Å². The van der Waals surface area contributed by atoms with Crippen molar-refractivity contribution in [3.63, 3.8) is 0 Å². The summed E-state index contributed by atoms with van der Waals surface area (Å²) in [7, 11) is 0. The molecule has 186 valence electrons. The fourth-order valence-corrected chi connectivity index (χ4v) is 4.71. The second-order valence-corrected chi connectivity index (χ2v) is 9.92. The first-order chi connectivity index (χ1) is 17.3. The van der Waals surface area contributed by atoms with Crippen molar-refractivity contribution in [2.45, 2.75) is 76.6 Å². The average molecular weight is 475 g/mol. The molecule has 0 saturated carbocycles. The minimum absolute atomic E-state index is 0.169. The average Bonchev–Trinajstić information content (AvgIpc) is 3.82. The SMILES string of the molecule is CCCCCCCC(Oc1cccc(C2=CCC(c3ccc(OCC4CO4)cc3)=CC2)c1)C1CO1. The van der Waals surface area contributed by atoms with Crippen molar-refractivity contribution in [2.75, 3.05) is 19.8 Å². The first kappa shape index (κ1) is 24.1. The lowest BCUT2D eigenvalue weighted by Crippen LogP contribution is -2.23. The smallest absolute Gasteiger partial charge is 0.127 e. The largest absolute Gasteiger partial charge is 0.491 e. The molecule has 2 aromatic carbocycles. The molecule has 4 nitrogen and oxygen atoms in total. The lowest BCUT2D eigenvalue weighted by Gasteiger charge is -2.19. The number of epoxide rings is 2. The molecule has 0 radical (unpaired) electrons. The van der Waals surface area contributed by atoms with Gasteiger partial charge in [0.2, 0.25) is 0 Å². The molecule has 2 fully saturated rings. The van der Waals surface area contributed by atoms with Gasteiger partial charge < -0.3 is 18.9 Å². The van der Waals surface area contributed by atoms with Crippen LogP contribution in [-0.4, -0.2) is 38.1 Å². The Bertz CT molecular complexity index is 1010. The van der Waals surface area contributed by atoms with Crippen LogP contribution in [0, 0.1) is 0 Å². The van der Waals surface area contributed by atoms with Crippen LogP contribution >= 0.6 is 0 Å². The van der Waals surface area contributed by atoms with Gasteiger partial charge in [0.25, 0.3) is 0 Å². The zero-order valence-corrected chi connectivity index (χ0v) is 20.9. The molecule has 0 amide bonds. The molecular weight excluding hydrogens is 436 g/mol. The van der Waals surface area contributed by atoms with Gasteiger partial charge >= 0.3 is 0 Å². The van der Waals surface area contributed by atoms with Gasteiger partial charge in [-0.25, -0.2) is 0 Å². The maximum absolute atomic E-state index is 6.43. The molecule has 3 aliphatic rings. The zero-order valence-electron chi connectivity index (χ0n) is 20.9. The molecule has 2 saturated heterocycles. The van der Waals surface area contributed by atoms with E-state index in [4.69, 9.17) is 18.9 Å². The molecular formula is C31H38O4. The number of rotatable bonds is 14. The lowest BCUT2D eigenvalue weighted by atomic mass is 9.91. The van der Waals surface area contributed by atoms with Crippen molar-refractivity contribution in [3.05, 3.63) is 71.8 Å². The monoisotopic (exact) mass is 474 g/mol. The highest BCUT2D eigenvalue weighted by molar-refractivity contribution is 5.78. The minimum atomic E-state index is 0.169. The van der Waals surface area contributed by atoms with Gasteiger partial charge in [-0.1, -0.05) is 69.0 Å². The molecule has 0 spiro atoms. The van der Waals surface area contributed by atoms with E-state index in [1.54, 1.807) is 0 Å². The highest BCUT2D eigenvalue weighted by Gasteiger charge is 2.34. The van der Waals surface area contributed by atoms with E-state index in [1.807, 2.05) is 0 Å². The van der Waals surface area contributed by atoms with Gasteiger partial charge in [0.1, 0.15) is 36.4 Å². The first-order valence-electron chi connectivity index (χ1n) is 13.4. The van der Waals surface area contributed by atoms with Crippen LogP contribution < -0.4 is 9.47 Å². The van der Waals surface area contributed by atoms with Crippen LogP contribution in [0.3, 0.4) is 0 Å². The summed E-state index contributed by atoms with van der Waals surface area (Å²) in [5, 5.41) is 0. The Hall–Kier alpha value is -2.56. The second kappa shape index (κ2) is 11.9. The molecule has 3 unspecified atom stereocenters. The predicted octanol–water partition coefficient (Wildman–Crippen LogP) is 7.23. The Morgan fingerprint density at radius 3 is 2.26 bits per heavy atom. The Balaban J connectivity index is 1.14. The van der Waals surface area contributed by atoms with Gasteiger partial charge in [0, 0.05) is 0 Å². The molecule has 0 aromatic heterocycles. The zero-order chi connectivity index (χ0) is 23.9. The third-order valence-corrected chi connectivity index (χ3v) is 7.06. The van der Waals surface area contributed by atoms with Crippen molar-refractivity contribution in [1.29, 1.82) is 0 Å². The summed E-state index contributed by atoms with van der Waals surface area (Å²) in [6.07, 6.45) is 14.8. The summed E-state index contributed by atoms with van der Waals surface area (Å²) in [6.45, 7) is 4.56. The summed E-state index contributed by atoms with van der Waals surface area (Å²) in [5.74, 6) is 1.86. The van der Waals surface area contributed by atoms with Crippen molar-refractivity contribution < 1.29 is 18.9 Å². The van der Waals surface area contributed by atoms with E-state index in [-0.39, 0.29) is 18.3 Å². The molecule has 3 atom stereocenters. The predicted molar refractivity (Wildman–Crippen MR) is 141 cm³/mol. The molecule has 1 aliphatic carbocycles. The maximum Gasteiger partial charge on any atom is 0.127 e. The molecule has 2 heterocycles. The molecule has 5 rings (SSSR count). The lowest BCUT2D eigenvalue weighted by molar-refractivity contribution is 0.147. The van der Waals surface area contributed by atoms with E-state index >= 15 is 0 Å². The van der Waals surface area contributed by atoms with Gasteiger partial charge in [0.05, 0.1) is 13.2 Å². The molecule has 35 heavy (non-hydrogen) atoms. The Kier molecular flexibility index (Phi) is 8.22. The van der Waals surface area contributed by atoms with Gasteiger partial charge in [-0.3, -0.25) is 0 Å². The quantitative estimate of drug-likeness (QED) is 0.214. The number of benzene rings is 2. The third kappa shape index (κ3) is 7.22. The van der Waals surface area contributed by atoms with E-state index in [1.165, 1.54) is 54.4 Å². The Labute approximate surface area is 209 Å². The van der Waals surface area contributed by atoms with Crippen molar-refractivity contribution in [2.24, 2.45) is 0 Å². The second-order valence-electron chi connectivity index (χ2n) is 9.92. The number of ether oxygens (including phenoxy) is 4. The highest BCUT2D eigenvalue weighted by Crippen LogP contribution is 2.33. The van der Waals surface area contributed by atoms with Gasteiger partial charge in [-0.2, -0.15) is 0 Å². The Morgan fingerprint density at radius 2 is 1.57 bits per heavy atom. The number of hydrogen-bond donors (Lipinski definition) is 0. The highest BCUT2D eigenvalue weighted by atomic mass is 16.6. The summed E-state index contributed by atoms with van der Waals surface area (Å²) < 4.78 is 23.0. The van der Waals surface area contributed by atoms with E-state index in [0.717, 1.165) is 44.0 Å². The molecule has 0 N–H and O–H groups in total. The molecule has 2 aliphatic heterocycles. The van der Waals surface area contributed by atoms with Crippen LogP contribution in [0.5, 0.6) is 11.5 Å². The van der Waals surface area contributed by atoms with Crippen LogP contribution in [0.15, 0.2) is 60.7 Å². The number of unbranched alkanes of at least 4 members (excludes halogenated alkanes) is 4. The fourth-order valence-electron chi connectivity index (χ4n) is 4.71. The van der Waals surface area contributed by atoms with Crippen LogP contribution in [0.2, 0.25) is 0 Å². The Morgan fingerprint density at radius 1 is 0.829 bits per heavy atom. The molecule has 2 aromatic rings.